The molecular weight excluding hydrogens is 336 g/mol. The summed E-state index contributed by atoms with van der Waals surface area (Å²) in [7, 11) is 1.86. The van der Waals surface area contributed by atoms with E-state index >= 15 is 0 Å². The Morgan fingerprint density at radius 2 is 2.20 bits per heavy atom. The van der Waals surface area contributed by atoms with Crippen LogP contribution in [0.25, 0.3) is 6.08 Å². The third-order valence-corrected chi connectivity index (χ3v) is 5.78. The third-order valence-electron chi connectivity index (χ3n) is 4.80. The summed E-state index contributed by atoms with van der Waals surface area (Å²) in [5.41, 5.74) is 1.30. The molecule has 4 heterocycles. The van der Waals surface area contributed by atoms with Crippen LogP contribution >= 0.6 is 11.3 Å². The average molecular weight is 352 g/mol. The van der Waals surface area contributed by atoms with Crippen molar-refractivity contribution in [2.45, 2.75) is 25.1 Å². The normalized spacial score (nSPS) is 24.2. The topological polar surface area (TPSA) is 61.4 Å². The molecule has 2 aromatic heterocycles. The molecule has 1 aromatic carbocycles. The number of fused-ring (bicyclic) bond motifs is 6. The van der Waals surface area contributed by atoms with E-state index < -0.39 is 5.72 Å². The van der Waals surface area contributed by atoms with E-state index in [1.54, 1.807) is 10.9 Å². The van der Waals surface area contributed by atoms with Crippen molar-refractivity contribution in [2.75, 3.05) is 0 Å². The summed E-state index contributed by atoms with van der Waals surface area (Å²) in [6.07, 6.45) is 4.26. The van der Waals surface area contributed by atoms with Gasteiger partial charge in [0, 0.05) is 25.2 Å². The molecule has 6 nitrogen and oxygen atoms in total. The molecule has 126 valence electrons. The molecule has 5 rings (SSSR count). The van der Waals surface area contributed by atoms with Crippen molar-refractivity contribution < 1.29 is 4.74 Å². The van der Waals surface area contributed by atoms with E-state index in [9.17, 15) is 4.79 Å². The molecule has 0 amide bonds. The molecule has 2 aliphatic heterocycles. The smallest absolute Gasteiger partial charge is 0.270 e. The largest absolute Gasteiger partial charge is 0.466 e. The van der Waals surface area contributed by atoms with Gasteiger partial charge in [-0.3, -0.25) is 14.0 Å². The van der Waals surface area contributed by atoms with Crippen molar-refractivity contribution >= 4 is 17.4 Å². The van der Waals surface area contributed by atoms with Crippen molar-refractivity contribution in [1.29, 1.82) is 0 Å². The van der Waals surface area contributed by atoms with Gasteiger partial charge in [0.15, 0.2) is 4.80 Å². The third kappa shape index (κ3) is 2.12. The maximum atomic E-state index is 13.1. The van der Waals surface area contributed by atoms with Gasteiger partial charge in [-0.05, 0) is 25.1 Å². The fourth-order valence-electron chi connectivity index (χ4n) is 3.60. The van der Waals surface area contributed by atoms with E-state index in [-0.39, 0.29) is 11.6 Å². The van der Waals surface area contributed by atoms with Gasteiger partial charge in [0.25, 0.3) is 5.56 Å². The highest BCUT2D eigenvalue weighted by molar-refractivity contribution is 7.07. The van der Waals surface area contributed by atoms with Crippen molar-refractivity contribution in [3.8, 4) is 5.75 Å². The predicted octanol–water partition coefficient (Wildman–Crippen LogP) is 1.19. The Morgan fingerprint density at radius 1 is 1.36 bits per heavy atom. The van der Waals surface area contributed by atoms with E-state index in [0.717, 1.165) is 17.0 Å². The molecule has 0 aliphatic carbocycles. The second-order valence-corrected chi connectivity index (χ2v) is 7.60. The predicted molar refractivity (Wildman–Crippen MR) is 94.4 cm³/mol. The number of hydrogen-bond acceptors (Lipinski definition) is 5. The van der Waals surface area contributed by atoms with E-state index in [4.69, 9.17) is 9.73 Å². The van der Waals surface area contributed by atoms with E-state index in [1.807, 2.05) is 54.9 Å². The highest BCUT2D eigenvalue weighted by atomic mass is 32.1. The van der Waals surface area contributed by atoms with Gasteiger partial charge in [0.1, 0.15) is 5.75 Å². The maximum Gasteiger partial charge on any atom is 0.270 e. The number of aromatic nitrogens is 3. The zero-order chi connectivity index (χ0) is 17.2. The Morgan fingerprint density at radius 3 is 3.00 bits per heavy atom. The Labute approximate surface area is 147 Å². The number of benzene rings is 1. The summed E-state index contributed by atoms with van der Waals surface area (Å²) < 4.78 is 10.3. The molecule has 3 aromatic rings. The fourth-order valence-corrected chi connectivity index (χ4v) is 4.71. The molecule has 0 unspecified atom stereocenters. The fraction of sp³-hybridized carbons (Fsp3) is 0.278. The average Bonchev–Trinajstić information content (AvgIpc) is 3.11. The molecule has 0 spiro atoms. The van der Waals surface area contributed by atoms with Gasteiger partial charge in [-0.1, -0.05) is 29.5 Å². The summed E-state index contributed by atoms with van der Waals surface area (Å²) in [5, 5.41) is 4.16. The Kier molecular flexibility index (Phi) is 2.88. The lowest BCUT2D eigenvalue weighted by Crippen LogP contribution is -2.49. The van der Waals surface area contributed by atoms with Crippen LogP contribution in [0.1, 0.15) is 30.6 Å². The van der Waals surface area contributed by atoms with Gasteiger partial charge in [-0.25, -0.2) is 4.99 Å². The molecule has 25 heavy (non-hydrogen) atoms. The summed E-state index contributed by atoms with van der Waals surface area (Å²) in [6.45, 7) is 1.98. The number of thiazole rings is 1. The minimum atomic E-state index is -0.625. The molecule has 0 saturated carbocycles. The van der Waals surface area contributed by atoms with Crippen LogP contribution in [0.15, 0.2) is 46.3 Å². The van der Waals surface area contributed by atoms with E-state index in [0.29, 0.717) is 15.8 Å². The molecule has 2 atom stereocenters. The van der Waals surface area contributed by atoms with Crippen molar-refractivity contribution in [2.24, 2.45) is 12.0 Å². The van der Waals surface area contributed by atoms with Crippen LogP contribution in [0.3, 0.4) is 0 Å². The lowest BCUT2D eigenvalue weighted by Gasteiger charge is -2.39. The van der Waals surface area contributed by atoms with Crippen molar-refractivity contribution in [3.63, 3.8) is 0 Å². The van der Waals surface area contributed by atoms with E-state index in [2.05, 4.69) is 5.10 Å². The Bertz CT molecular complexity index is 1170. The first-order valence-corrected chi connectivity index (χ1v) is 8.95. The second-order valence-electron chi connectivity index (χ2n) is 6.59. The number of ether oxygens (including phenoxy) is 1. The van der Waals surface area contributed by atoms with Gasteiger partial charge in [-0.2, -0.15) is 5.10 Å². The van der Waals surface area contributed by atoms with Crippen LogP contribution in [0.5, 0.6) is 5.75 Å². The van der Waals surface area contributed by atoms with Gasteiger partial charge < -0.3 is 4.74 Å². The maximum absolute atomic E-state index is 13.1. The van der Waals surface area contributed by atoms with Crippen LogP contribution in [0.2, 0.25) is 0 Å². The highest BCUT2D eigenvalue weighted by Crippen LogP contribution is 2.42. The first-order chi connectivity index (χ1) is 12.0. The lowest BCUT2D eigenvalue weighted by molar-refractivity contribution is 0.0410. The molecule has 2 bridgehead atoms. The standard InChI is InChI=1S/C18H16N4O2S/c1-18-10-13(12-5-3-4-6-14(12)24-18)22-16(23)15(25-17(22)20-18)9-11-7-8-19-21(11)2/h3-9,13H,10H2,1-2H3/b15-9-/t13-,18-/m0/s1. The quantitative estimate of drug-likeness (QED) is 0.661. The summed E-state index contributed by atoms with van der Waals surface area (Å²) >= 11 is 1.41. The number of para-hydroxylation sites is 1. The van der Waals surface area contributed by atoms with E-state index in [1.165, 1.54) is 11.3 Å². The Balaban J connectivity index is 1.79. The zero-order valence-electron chi connectivity index (χ0n) is 13.8. The van der Waals surface area contributed by atoms with Gasteiger partial charge in [-0.15, -0.1) is 0 Å². The molecule has 0 fully saturated rings. The van der Waals surface area contributed by atoms with Crippen LogP contribution < -0.4 is 19.6 Å². The minimum Gasteiger partial charge on any atom is -0.466 e. The number of hydrogen-bond donors (Lipinski definition) is 0. The van der Waals surface area contributed by atoms with Crippen LogP contribution in [0.4, 0.5) is 0 Å². The van der Waals surface area contributed by atoms with Crippen molar-refractivity contribution in [3.05, 3.63) is 67.5 Å². The lowest BCUT2D eigenvalue weighted by atomic mass is 9.93. The summed E-state index contributed by atoms with van der Waals surface area (Å²) in [5.74, 6) is 0.811. The highest BCUT2D eigenvalue weighted by Gasteiger charge is 2.42. The summed E-state index contributed by atoms with van der Waals surface area (Å²) in [4.78, 5) is 18.5. The van der Waals surface area contributed by atoms with Crippen LogP contribution in [-0.2, 0) is 7.05 Å². The van der Waals surface area contributed by atoms with Crippen LogP contribution in [-0.4, -0.2) is 20.1 Å². The Hall–Kier alpha value is -2.67. The van der Waals surface area contributed by atoms with Gasteiger partial charge in [0.05, 0.1) is 16.3 Å². The number of nitrogens with zero attached hydrogens (tertiary/aromatic N) is 4. The van der Waals surface area contributed by atoms with Gasteiger partial charge in [0.2, 0.25) is 5.72 Å². The first kappa shape index (κ1) is 14.7. The molecule has 0 radical (unpaired) electrons. The second kappa shape index (κ2) is 4.92. The molecular formula is C18H16N4O2S. The number of aryl methyl sites for hydroxylation is 1. The molecule has 7 heteroatoms. The van der Waals surface area contributed by atoms with Gasteiger partial charge >= 0.3 is 0 Å². The number of rotatable bonds is 1. The van der Waals surface area contributed by atoms with Crippen LogP contribution in [0, 0.1) is 0 Å². The molecule has 2 aliphatic rings. The first-order valence-electron chi connectivity index (χ1n) is 8.13. The zero-order valence-corrected chi connectivity index (χ0v) is 14.7. The summed E-state index contributed by atoms with van der Waals surface area (Å²) in [6, 6.07) is 9.75. The minimum absolute atomic E-state index is 0.00583. The van der Waals surface area contributed by atoms with Crippen molar-refractivity contribution in [1.82, 2.24) is 14.3 Å². The molecule has 0 saturated heterocycles. The molecule has 0 N–H and O–H groups in total. The monoisotopic (exact) mass is 352 g/mol. The SMILES string of the molecule is Cn1nccc1/C=c1\sc2n(c1=O)[C@H]1C[C@@](C)(N=2)Oc2ccccc21.